The van der Waals surface area contributed by atoms with E-state index in [1.165, 1.54) is 11.1 Å². The van der Waals surface area contributed by atoms with Gasteiger partial charge in [0.25, 0.3) is 0 Å². The summed E-state index contributed by atoms with van der Waals surface area (Å²) in [6.07, 6.45) is 3.91. The molecule has 0 amide bonds. The van der Waals surface area contributed by atoms with Crippen LogP contribution in [0.2, 0.25) is 0 Å². The lowest BCUT2D eigenvalue weighted by molar-refractivity contribution is 0.789. The Balaban J connectivity index is 2.42. The molecule has 1 aromatic heterocycles. The second kappa shape index (κ2) is 4.28. The van der Waals surface area contributed by atoms with Gasteiger partial charge in [0.2, 0.25) is 0 Å². The smallest absolute Gasteiger partial charge is 0.0690 e. The highest BCUT2D eigenvalue weighted by molar-refractivity contribution is 5.40. The molecule has 0 aliphatic heterocycles. The van der Waals surface area contributed by atoms with Gasteiger partial charge in [0, 0.05) is 12.7 Å². The van der Waals surface area contributed by atoms with E-state index < -0.39 is 0 Å². The minimum Gasteiger partial charge on any atom is -0.316 e. The predicted octanol–water partition coefficient (Wildman–Crippen LogP) is 1.90. The molecule has 0 atom stereocenters. The van der Waals surface area contributed by atoms with Crippen molar-refractivity contribution in [3.63, 3.8) is 0 Å². The molecule has 1 aromatic carbocycles. The molecule has 0 spiro atoms. The van der Waals surface area contributed by atoms with Gasteiger partial charge in [0.05, 0.1) is 11.9 Å². The maximum atomic E-state index is 4.32. The number of para-hydroxylation sites is 1. The van der Waals surface area contributed by atoms with Gasteiger partial charge in [0.1, 0.15) is 0 Å². The van der Waals surface area contributed by atoms with Gasteiger partial charge in [0.15, 0.2) is 0 Å². The summed E-state index contributed by atoms with van der Waals surface area (Å²) < 4.78 is 1.92. The van der Waals surface area contributed by atoms with Gasteiger partial charge in [-0.05, 0) is 31.2 Å². The van der Waals surface area contributed by atoms with Crippen LogP contribution < -0.4 is 5.32 Å². The molecule has 0 saturated heterocycles. The van der Waals surface area contributed by atoms with Crippen molar-refractivity contribution in [1.29, 1.82) is 0 Å². The summed E-state index contributed by atoms with van der Waals surface area (Å²) in [5.41, 5.74) is 3.57. The minimum absolute atomic E-state index is 0.856. The lowest BCUT2D eigenvalue weighted by Gasteiger charge is -2.08. The zero-order valence-corrected chi connectivity index (χ0v) is 9.07. The van der Waals surface area contributed by atoms with Crippen LogP contribution in [0.5, 0.6) is 0 Å². The van der Waals surface area contributed by atoms with E-state index in [0.717, 1.165) is 12.2 Å². The average molecular weight is 201 g/mol. The Morgan fingerprint density at radius 3 is 2.80 bits per heavy atom. The topological polar surface area (TPSA) is 29.9 Å². The van der Waals surface area contributed by atoms with Crippen molar-refractivity contribution in [3.05, 3.63) is 47.8 Å². The van der Waals surface area contributed by atoms with Gasteiger partial charge < -0.3 is 5.32 Å². The Kier molecular flexibility index (Phi) is 2.83. The molecule has 0 aliphatic rings. The summed E-state index contributed by atoms with van der Waals surface area (Å²) in [4.78, 5) is 0. The summed E-state index contributed by atoms with van der Waals surface area (Å²) in [6, 6.07) is 8.28. The van der Waals surface area contributed by atoms with Crippen molar-refractivity contribution < 1.29 is 0 Å². The molecule has 2 aromatic rings. The van der Waals surface area contributed by atoms with Gasteiger partial charge >= 0.3 is 0 Å². The highest BCUT2D eigenvalue weighted by Gasteiger charge is 2.03. The summed E-state index contributed by atoms with van der Waals surface area (Å²) >= 11 is 0. The third kappa shape index (κ3) is 2.07. The van der Waals surface area contributed by atoms with Crippen LogP contribution in [0.1, 0.15) is 11.1 Å². The van der Waals surface area contributed by atoms with Gasteiger partial charge in [-0.3, -0.25) is 0 Å². The Labute approximate surface area is 89.7 Å². The molecule has 15 heavy (non-hydrogen) atoms. The molecule has 3 heteroatoms. The molecule has 78 valence electrons. The second-order valence-electron chi connectivity index (χ2n) is 3.62. The molecule has 0 unspecified atom stereocenters. The first kappa shape index (κ1) is 9.93. The fraction of sp³-hybridized carbons (Fsp3) is 0.250. The van der Waals surface area contributed by atoms with Crippen LogP contribution in [-0.4, -0.2) is 16.8 Å². The number of benzene rings is 1. The van der Waals surface area contributed by atoms with Crippen LogP contribution in [0.25, 0.3) is 5.69 Å². The Bertz CT molecular complexity index is 446. The monoisotopic (exact) mass is 201 g/mol. The summed E-state index contributed by atoms with van der Waals surface area (Å²) in [7, 11) is 1.95. The first-order valence-corrected chi connectivity index (χ1v) is 5.05. The number of aromatic nitrogens is 2. The van der Waals surface area contributed by atoms with E-state index in [1.807, 2.05) is 43.2 Å². The molecule has 1 heterocycles. The summed E-state index contributed by atoms with van der Waals surface area (Å²) in [6.45, 7) is 2.90. The van der Waals surface area contributed by atoms with Gasteiger partial charge in [-0.25, -0.2) is 4.68 Å². The van der Waals surface area contributed by atoms with Crippen LogP contribution >= 0.6 is 0 Å². The predicted molar refractivity (Wildman–Crippen MR) is 61.1 cm³/mol. The minimum atomic E-state index is 0.856. The quantitative estimate of drug-likeness (QED) is 0.822. The molecule has 0 saturated carbocycles. The van der Waals surface area contributed by atoms with Crippen molar-refractivity contribution in [2.75, 3.05) is 7.05 Å². The molecule has 0 radical (unpaired) electrons. The van der Waals surface area contributed by atoms with Crippen LogP contribution in [0.3, 0.4) is 0 Å². The largest absolute Gasteiger partial charge is 0.316 e. The number of nitrogens with one attached hydrogen (secondary N) is 1. The molecule has 0 aliphatic carbocycles. The zero-order chi connectivity index (χ0) is 10.7. The Morgan fingerprint density at radius 1 is 1.33 bits per heavy atom. The first-order chi connectivity index (χ1) is 7.31. The lowest BCUT2D eigenvalue weighted by atomic mass is 10.2. The third-order valence-electron chi connectivity index (χ3n) is 2.32. The highest BCUT2D eigenvalue weighted by atomic mass is 15.3. The van der Waals surface area contributed by atoms with E-state index in [9.17, 15) is 0 Å². The van der Waals surface area contributed by atoms with E-state index in [2.05, 4.69) is 22.5 Å². The van der Waals surface area contributed by atoms with Crippen molar-refractivity contribution in [1.82, 2.24) is 15.1 Å². The SMILES string of the molecule is CNCc1ccccc1-n1cc(C)cn1. The Morgan fingerprint density at radius 2 is 2.13 bits per heavy atom. The second-order valence-corrected chi connectivity index (χ2v) is 3.62. The van der Waals surface area contributed by atoms with E-state index in [1.54, 1.807) is 0 Å². The first-order valence-electron chi connectivity index (χ1n) is 5.05. The normalized spacial score (nSPS) is 10.5. The lowest BCUT2D eigenvalue weighted by Crippen LogP contribution is -2.09. The number of hydrogen-bond donors (Lipinski definition) is 1. The molecule has 0 bridgehead atoms. The molecule has 3 nitrogen and oxygen atoms in total. The third-order valence-corrected chi connectivity index (χ3v) is 2.32. The molecule has 2 rings (SSSR count). The standard InChI is InChI=1S/C12H15N3/c1-10-7-14-15(9-10)12-6-4-3-5-11(12)8-13-2/h3-7,9,13H,8H2,1-2H3. The van der Waals surface area contributed by atoms with E-state index in [-0.39, 0.29) is 0 Å². The fourth-order valence-corrected chi connectivity index (χ4v) is 1.62. The van der Waals surface area contributed by atoms with Crippen LogP contribution in [-0.2, 0) is 6.54 Å². The van der Waals surface area contributed by atoms with Crippen molar-refractivity contribution >= 4 is 0 Å². The van der Waals surface area contributed by atoms with Crippen molar-refractivity contribution in [3.8, 4) is 5.69 Å². The number of aryl methyl sites for hydroxylation is 1. The highest BCUT2D eigenvalue weighted by Crippen LogP contribution is 2.13. The summed E-state index contributed by atoms with van der Waals surface area (Å²) in [5.74, 6) is 0. The number of nitrogens with zero attached hydrogens (tertiary/aromatic N) is 2. The summed E-state index contributed by atoms with van der Waals surface area (Å²) in [5, 5.41) is 7.48. The van der Waals surface area contributed by atoms with Crippen LogP contribution in [0, 0.1) is 6.92 Å². The fourth-order valence-electron chi connectivity index (χ4n) is 1.62. The molecular weight excluding hydrogens is 186 g/mol. The number of rotatable bonds is 3. The van der Waals surface area contributed by atoms with Crippen molar-refractivity contribution in [2.45, 2.75) is 13.5 Å². The van der Waals surface area contributed by atoms with E-state index >= 15 is 0 Å². The van der Waals surface area contributed by atoms with Crippen LogP contribution in [0.15, 0.2) is 36.7 Å². The van der Waals surface area contributed by atoms with Crippen molar-refractivity contribution in [2.24, 2.45) is 0 Å². The Hall–Kier alpha value is -1.61. The number of hydrogen-bond acceptors (Lipinski definition) is 2. The maximum absolute atomic E-state index is 4.32. The van der Waals surface area contributed by atoms with Gasteiger partial charge in [-0.1, -0.05) is 18.2 Å². The average Bonchev–Trinajstić information content (AvgIpc) is 2.66. The van der Waals surface area contributed by atoms with Gasteiger partial charge in [-0.15, -0.1) is 0 Å². The molecule has 1 N–H and O–H groups in total. The zero-order valence-electron chi connectivity index (χ0n) is 9.07. The van der Waals surface area contributed by atoms with E-state index in [0.29, 0.717) is 0 Å². The molecular formula is C12H15N3. The van der Waals surface area contributed by atoms with E-state index in [4.69, 9.17) is 0 Å². The maximum Gasteiger partial charge on any atom is 0.0690 e. The molecule has 0 fully saturated rings. The van der Waals surface area contributed by atoms with Gasteiger partial charge in [-0.2, -0.15) is 5.10 Å². The van der Waals surface area contributed by atoms with Crippen LogP contribution in [0.4, 0.5) is 0 Å².